The average molecular weight is 596 g/mol. The highest BCUT2D eigenvalue weighted by atomic mass is 32.2. The minimum atomic E-state index is -6.57. The van der Waals surface area contributed by atoms with Gasteiger partial charge in [0.05, 0.1) is 23.9 Å². The third kappa shape index (κ3) is 4.25. The number of esters is 3. The van der Waals surface area contributed by atoms with E-state index in [4.69, 9.17) is 14.2 Å². The predicted octanol–water partition coefficient (Wildman–Crippen LogP) is 3.41. The zero-order chi connectivity index (χ0) is 28.8. The highest BCUT2D eigenvalue weighted by Gasteiger charge is 2.71. The van der Waals surface area contributed by atoms with Crippen molar-refractivity contribution in [3.8, 4) is 0 Å². The lowest BCUT2D eigenvalue weighted by Gasteiger charge is -2.55. The summed E-state index contributed by atoms with van der Waals surface area (Å²) in [5, 5.41) is -5.76. The van der Waals surface area contributed by atoms with Gasteiger partial charge < -0.3 is 18.8 Å². The maximum absolute atomic E-state index is 13.6. The number of halogens is 4. The van der Waals surface area contributed by atoms with Gasteiger partial charge in [-0.25, -0.2) is 8.42 Å². The number of alkyl halides is 4. The van der Waals surface area contributed by atoms with Gasteiger partial charge in [0.1, 0.15) is 12.2 Å². The molecule has 0 aromatic carbocycles. The van der Waals surface area contributed by atoms with Crippen LogP contribution in [0.25, 0.3) is 0 Å². The number of hydrogen-bond acceptors (Lipinski definition) is 9. The predicted molar refractivity (Wildman–Crippen MR) is 123 cm³/mol. The highest BCUT2D eigenvalue weighted by molar-refractivity contribution is 7.86. The largest absolute Gasteiger partial charge is 0.743 e. The van der Waals surface area contributed by atoms with Crippen LogP contribution < -0.4 is 0 Å². The van der Waals surface area contributed by atoms with Gasteiger partial charge in [0.15, 0.2) is 10.1 Å². The van der Waals surface area contributed by atoms with Gasteiger partial charge in [-0.3, -0.25) is 14.4 Å². The SMILES string of the molecule is O=C1OC2C3CC(C2OC(=O)C24CC5CC(CC(C5)C2)C4)C(C(=O)OCCCCC(F)(F)C(F)(F)S(=O)(=O)[O-])C13. The Balaban J connectivity index is 1.06. The molecule has 0 amide bonds. The van der Waals surface area contributed by atoms with E-state index >= 15 is 0 Å². The quantitative estimate of drug-likeness (QED) is 0.122. The Hall–Kier alpha value is -1.96. The van der Waals surface area contributed by atoms with Crippen LogP contribution >= 0.6 is 0 Å². The smallest absolute Gasteiger partial charge is 0.396 e. The molecule has 1 heterocycles. The second-order valence-electron chi connectivity index (χ2n) is 12.9. The minimum Gasteiger partial charge on any atom is -0.743 e. The van der Waals surface area contributed by atoms with E-state index in [1.54, 1.807) is 0 Å². The summed E-state index contributed by atoms with van der Waals surface area (Å²) in [6.45, 7) is -0.443. The van der Waals surface area contributed by atoms with E-state index in [9.17, 15) is 44.9 Å². The van der Waals surface area contributed by atoms with Gasteiger partial charge in [0, 0.05) is 18.3 Å². The summed E-state index contributed by atoms with van der Waals surface area (Å²) in [7, 11) is -6.57. The Bertz CT molecular complexity index is 1170. The normalized spacial score (nSPS) is 41.3. The second kappa shape index (κ2) is 9.27. The lowest BCUT2D eigenvalue weighted by molar-refractivity contribution is -0.187. The summed E-state index contributed by atoms with van der Waals surface area (Å²) < 4.78 is 102. The van der Waals surface area contributed by atoms with Crippen LogP contribution in [-0.4, -0.2) is 60.9 Å². The first-order valence-corrected chi connectivity index (χ1v) is 15.3. The van der Waals surface area contributed by atoms with Crippen LogP contribution in [0.1, 0.15) is 64.2 Å². The monoisotopic (exact) mass is 595 g/mol. The first-order valence-electron chi connectivity index (χ1n) is 13.9. The van der Waals surface area contributed by atoms with Crippen LogP contribution in [0.3, 0.4) is 0 Å². The van der Waals surface area contributed by atoms with Crippen LogP contribution in [0.15, 0.2) is 0 Å². The summed E-state index contributed by atoms with van der Waals surface area (Å²) in [6.07, 6.45) is 2.30. The van der Waals surface area contributed by atoms with Crippen molar-refractivity contribution in [1.29, 1.82) is 0 Å². The van der Waals surface area contributed by atoms with Gasteiger partial charge in [-0.2, -0.15) is 17.6 Å². The van der Waals surface area contributed by atoms with E-state index in [0.29, 0.717) is 24.2 Å². The summed E-state index contributed by atoms with van der Waals surface area (Å²) in [5.41, 5.74) is -0.529. The van der Waals surface area contributed by atoms with Crippen LogP contribution in [-0.2, 0) is 38.7 Å². The molecule has 7 rings (SSSR count). The molecule has 1 aliphatic heterocycles. The Labute approximate surface area is 228 Å². The minimum absolute atomic E-state index is 0.284. The molecule has 6 aliphatic carbocycles. The maximum Gasteiger partial charge on any atom is 0.396 e. The lowest BCUT2D eigenvalue weighted by Crippen LogP contribution is -2.52. The molecule has 14 heteroatoms. The van der Waals surface area contributed by atoms with E-state index in [0.717, 1.165) is 38.5 Å². The van der Waals surface area contributed by atoms with Gasteiger partial charge in [-0.05, 0) is 75.5 Å². The Morgan fingerprint density at radius 3 is 2.15 bits per heavy atom. The van der Waals surface area contributed by atoms with Crippen molar-refractivity contribution in [3.63, 3.8) is 0 Å². The molecule has 224 valence electrons. The zero-order valence-electron chi connectivity index (χ0n) is 21.6. The molecular formula is C26H31F4O9S-. The number of carbonyl (C=O) groups is 3. The van der Waals surface area contributed by atoms with E-state index in [1.807, 2.05) is 0 Å². The third-order valence-corrected chi connectivity index (χ3v) is 11.3. The molecule has 0 aromatic heterocycles. The van der Waals surface area contributed by atoms with Gasteiger partial charge in [0.2, 0.25) is 0 Å². The molecule has 0 aromatic rings. The fourth-order valence-corrected chi connectivity index (χ4v) is 9.59. The van der Waals surface area contributed by atoms with Crippen molar-refractivity contribution in [3.05, 3.63) is 0 Å². The third-order valence-electron chi connectivity index (χ3n) is 10.4. The topological polar surface area (TPSA) is 136 Å². The number of ether oxygens (including phenoxy) is 3. The molecule has 40 heavy (non-hydrogen) atoms. The molecule has 9 nitrogen and oxygen atoms in total. The Morgan fingerprint density at radius 1 is 0.975 bits per heavy atom. The van der Waals surface area contributed by atoms with E-state index < -0.39 is 88.1 Å². The van der Waals surface area contributed by atoms with E-state index in [1.165, 1.54) is 0 Å². The maximum atomic E-state index is 13.6. The van der Waals surface area contributed by atoms with E-state index in [2.05, 4.69) is 0 Å². The van der Waals surface area contributed by atoms with Crippen molar-refractivity contribution in [2.24, 2.45) is 46.8 Å². The van der Waals surface area contributed by atoms with Crippen molar-refractivity contribution >= 4 is 28.0 Å². The number of rotatable bonds is 10. The standard InChI is InChI=1S/C26H32F4O9S/c27-25(28,26(29,30)40(34,35)36)3-1-2-4-37-21(31)17-15-8-16-18(17)22(32)38-19(16)20(15)39-23(33)24-9-12-5-13(10-24)7-14(6-12)11-24/h12-20H,1-11H2,(H,34,35,36)/p-1. The van der Waals surface area contributed by atoms with Gasteiger partial charge in [-0.1, -0.05) is 0 Å². The van der Waals surface area contributed by atoms with Crippen LogP contribution in [0.4, 0.5) is 17.6 Å². The number of fused-ring (bicyclic) bond motifs is 1. The number of hydrogen-bond donors (Lipinski definition) is 0. The van der Waals surface area contributed by atoms with Gasteiger partial charge in [0.25, 0.3) is 0 Å². The molecule has 6 unspecified atom stereocenters. The molecule has 0 spiro atoms. The van der Waals surface area contributed by atoms with Crippen molar-refractivity contribution in [2.75, 3.05) is 6.61 Å². The lowest BCUT2D eigenvalue weighted by atomic mass is 9.49. The van der Waals surface area contributed by atoms with Gasteiger partial charge in [-0.15, -0.1) is 0 Å². The molecule has 7 aliphatic rings. The highest BCUT2D eigenvalue weighted by Crippen LogP contribution is 2.62. The number of carbonyl (C=O) groups excluding carboxylic acids is 3. The fourth-order valence-electron chi connectivity index (χ4n) is 9.12. The van der Waals surface area contributed by atoms with Crippen LogP contribution in [0, 0.1) is 46.8 Å². The summed E-state index contributed by atoms with van der Waals surface area (Å²) in [6, 6.07) is 0. The first kappa shape index (κ1) is 28.2. The molecule has 6 bridgehead atoms. The molecule has 0 N–H and O–H groups in total. The number of unbranched alkanes of at least 4 members (excludes halogenated alkanes) is 1. The van der Waals surface area contributed by atoms with Crippen molar-refractivity contribution < 1.29 is 59.1 Å². The first-order chi connectivity index (χ1) is 18.6. The molecule has 6 atom stereocenters. The van der Waals surface area contributed by atoms with Crippen LogP contribution in [0.2, 0.25) is 0 Å². The van der Waals surface area contributed by atoms with Crippen LogP contribution in [0.5, 0.6) is 0 Å². The summed E-state index contributed by atoms with van der Waals surface area (Å²) >= 11 is 0. The summed E-state index contributed by atoms with van der Waals surface area (Å²) in [5.74, 6) is -7.68. The molecule has 7 fully saturated rings. The Kier molecular flexibility index (Phi) is 6.53. The van der Waals surface area contributed by atoms with Crippen molar-refractivity contribution in [2.45, 2.75) is 87.6 Å². The molecular weight excluding hydrogens is 564 g/mol. The second-order valence-corrected chi connectivity index (χ2v) is 14.3. The molecule has 0 radical (unpaired) electrons. The van der Waals surface area contributed by atoms with E-state index in [-0.39, 0.29) is 18.3 Å². The molecule has 1 saturated heterocycles. The Morgan fingerprint density at radius 2 is 1.57 bits per heavy atom. The average Bonchev–Trinajstić information content (AvgIpc) is 3.46. The fraction of sp³-hybridized carbons (Fsp3) is 0.885. The van der Waals surface area contributed by atoms with Gasteiger partial charge >= 0.3 is 29.1 Å². The molecule has 6 saturated carbocycles. The summed E-state index contributed by atoms with van der Waals surface area (Å²) in [4.78, 5) is 39.2. The van der Waals surface area contributed by atoms with Crippen molar-refractivity contribution in [1.82, 2.24) is 0 Å². The zero-order valence-corrected chi connectivity index (χ0v) is 22.4.